The molecule has 0 atom stereocenters. The molecule has 8 heteroatoms. The van der Waals surface area contributed by atoms with Crippen LogP contribution < -0.4 is 10.6 Å². The van der Waals surface area contributed by atoms with E-state index in [-0.39, 0.29) is 6.03 Å². The number of nitrogens with zero attached hydrogens (tertiary/aromatic N) is 4. The van der Waals surface area contributed by atoms with Crippen molar-refractivity contribution in [3.8, 4) is 11.3 Å². The smallest absolute Gasteiger partial charge is 0.321 e. The number of thiazole rings is 1. The Morgan fingerprint density at radius 2 is 2.22 bits per heavy atom. The minimum absolute atomic E-state index is 0.287. The Balaban J connectivity index is 1.62. The number of nitrogens with one attached hydrogen (secondary N) is 2. The fraction of sp³-hybridized carbons (Fsp3) is 0.200. The first kappa shape index (κ1) is 15.2. The molecule has 23 heavy (non-hydrogen) atoms. The number of amides is 2. The Morgan fingerprint density at radius 1 is 1.35 bits per heavy atom. The average molecular weight is 328 g/mol. The number of anilines is 1. The van der Waals surface area contributed by atoms with E-state index in [4.69, 9.17) is 0 Å². The van der Waals surface area contributed by atoms with Crippen LogP contribution in [0.25, 0.3) is 11.3 Å². The van der Waals surface area contributed by atoms with Crippen LogP contribution in [0.1, 0.15) is 10.4 Å². The van der Waals surface area contributed by atoms with Crippen LogP contribution in [-0.2, 0) is 13.6 Å². The summed E-state index contributed by atoms with van der Waals surface area (Å²) in [7, 11) is 1.88. The van der Waals surface area contributed by atoms with Crippen molar-refractivity contribution in [2.45, 2.75) is 13.5 Å². The lowest BCUT2D eigenvalue weighted by atomic mass is 10.1. The van der Waals surface area contributed by atoms with Crippen LogP contribution in [0.5, 0.6) is 0 Å². The summed E-state index contributed by atoms with van der Waals surface area (Å²) in [6, 6.07) is 3.62. The first-order chi connectivity index (χ1) is 11.1. The molecule has 3 aromatic rings. The zero-order valence-electron chi connectivity index (χ0n) is 12.8. The van der Waals surface area contributed by atoms with Crippen molar-refractivity contribution >= 4 is 22.5 Å². The van der Waals surface area contributed by atoms with Crippen LogP contribution in [0, 0.1) is 6.92 Å². The van der Waals surface area contributed by atoms with Gasteiger partial charge in [0.05, 0.1) is 5.69 Å². The Bertz CT molecular complexity index is 825. The molecule has 0 aliphatic heterocycles. The summed E-state index contributed by atoms with van der Waals surface area (Å²) in [6.45, 7) is 2.32. The second-order valence-electron chi connectivity index (χ2n) is 5.01. The Labute approximate surface area is 137 Å². The van der Waals surface area contributed by atoms with Gasteiger partial charge >= 0.3 is 6.03 Å². The minimum atomic E-state index is -0.287. The third-order valence-electron chi connectivity index (χ3n) is 3.21. The Hall–Kier alpha value is -2.74. The highest BCUT2D eigenvalue weighted by Crippen LogP contribution is 2.18. The van der Waals surface area contributed by atoms with E-state index in [0.29, 0.717) is 11.7 Å². The molecule has 0 saturated heterocycles. The van der Waals surface area contributed by atoms with Crippen molar-refractivity contribution in [3.05, 3.63) is 47.4 Å². The van der Waals surface area contributed by atoms with Crippen LogP contribution in [0.3, 0.4) is 0 Å². The van der Waals surface area contributed by atoms with Crippen molar-refractivity contribution in [1.29, 1.82) is 0 Å². The van der Waals surface area contributed by atoms with E-state index < -0.39 is 0 Å². The second kappa shape index (κ2) is 6.57. The first-order valence-corrected chi connectivity index (χ1v) is 7.83. The van der Waals surface area contributed by atoms with Gasteiger partial charge in [-0.15, -0.1) is 11.3 Å². The van der Waals surface area contributed by atoms with Gasteiger partial charge in [0, 0.05) is 48.8 Å². The molecule has 7 nitrogen and oxygen atoms in total. The van der Waals surface area contributed by atoms with Crippen LogP contribution in [0.4, 0.5) is 9.93 Å². The fourth-order valence-electron chi connectivity index (χ4n) is 2.12. The molecule has 0 unspecified atom stereocenters. The predicted octanol–water partition coefficient (Wildman–Crippen LogP) is 2.57. The molecule has 3 aromatic heterocycles. The van der Waals surface area contributed by atoms with Crippen LogP contribution >= 0.6 is 11.3 Å². The van der Waals surface area contributed by atoms with Gasteiger partial charge in [-0.25, -0.2) is 9.78 Å². The zero-order chi connectivity index (χ0) is 16.2. The van der Waals surface area contributed by atoms with Crippen molar-refractivity contribution in [2.75, 3.05) is 5.32 Å². The maximum atomic E-state index is 11.9. The summed E-state index contributed by atoms with van der Waals surface area (Å²) in [5.74, 6) is 0. The molecule has 3 heterocycles. The lowest BCUT2D eigenvalue weighted by molar-refractivity contribution is 0.251. The van der Waals surface area contributed by atoms with Gasteiger partial charge in [-0.3, -0.25) is 15.0 Å². The van der Waals surface area contributed by atoms with E-state index in [1.165, 1.54) is 11.3 Å². The lowest BCUT2D eigenvalue weighted by Crippen LogP contribution is -2.28. The molecule has 0 spiro atoms. The Morgan fingerprint density at radius 3 is 2.91 bits per heavy atom. The lowest BCUT2D eigenvalue weighted by Gasteiger charge is -2.07. The predicted molar refractivity (Wildman–Crippen MR) is 89.1 cm³/mol. The van der Waals surface area contributed by atoms with Crippen LogP contribution in [-0.4, -0.2) is 25.8 Å². The summed E-state index contributed by atoms with van der Waals surface area (Å²) >= 11 is 1.43. The highest BCUT2D eigenvalue weighted by molar-refractivity contribution is 7.15. The van der Waals surface area contributed by atoms with E-state index in [2.05, 4.69) is 25.7 Å². The molecule has 0 aromatic carbocycles. The molecule has 118 valence electrons. The van der Waals surface area contributed by atoms with E-state index in [0.717, 1.165) is 21.7 Å². The average Bonchev–Trinajstić information content (AvgIpc) is 3.14. The molecule has 0 saturated carbocycles. The summed E-state index contributed by atoms with van der Waals surface area (Å²) < 4.78 is 1.78. The number of carbonyl (C=O) groups is 1. The Kier molecular flexibility index (Phi) is 4.33. The second-order valence-corrected chi connectivity index (χ2v) is 6.24. The minimum Gasteiger partial charge on any atom is -0.334 e. The van der Waals surface area contributed by atoms with E-state index in [1.807, 2.05) is 26.1 Å². The van der Waals surface area contributed by atoms with Crippen LogP contribution in [0.2, 0.25) is 0 Å². The molecule has 3 rings (SSSR count). The molecular weight excluding hydrogens is 312 g/mol. The number of urea groups is 1. The van der Waals surface area contributed by atoms with E-state index in [1.54, 1.807) is 29.5 Å². The normalized spacial score (nSPS) is 10.5. The highest BCUT2D eigenvalue weighted by Gasteiger charge is 2.07. The van der Waals surface area contributed by atoms with E-state index in [9.17, 15) is 4.79 Å². The molecular formula is C15H16N6OS. The van der Waals surface area contributed by atoms with Gasteiger partial charge in [-0.1, -0.05) is 0 Å². The van der Waals surface area contributed by atoms with Gasteiger partial charge < -0.3 is 5.32 Å². The monoisotopic (exact) mass is 328 g/mol. The number of hydrogen-bond donors (Lipinski definition) is 2. The van der Waals surface area contributed by atoms with Crippen LogP contribution in [0.15, 0.2) is 36.9 Å². The number of rotatable bonds is 4. The number of aryl methyl sites for hydroxylation is 2. The largest absolute Gasteiger partial charge is 0.334 e. The SMILES string of the molecule is Cc1cnc(NC(=O)NCc2cncc(-c3ccnn3C)c2)s1. The highest BCUT2D eigenvalue weighted by atomic mass is 32.1. The fourth-order valence-corrected chi connectivity index (χ4v) is 2.78. The van der Waals surface area contributed by atoms with Gasteiger partial charge in [0.25, 0.3) is 0 Å². The number of hydrogen-bond acceptors (Lipinski definition) is 5. The van der Waals surface area contributed by atoms with Crippen molar-refractivity contribution in [3.63, 3.8) is 0 Å². The molecule has 0 aliphatic rings. The van der Waals surface area contributed by atoms with Gasteiger partial charge in [-0.05, 0) is 24.6 Å². The number of carbonyl (C=O) groups excluding carboxylic acids is 1. The molecule has 0 radical (unpaired) electrons. The maximum absolute atomic E-state index is 11.9. The summed E-state index contributed by atoms with van der Waals surface area (Å²) in [5, 5.41) is 10.2. The third kappa shape index (κ3) is 3.72. The summed E-state index contributed by atoms with van der Waals surface area (Å²) in [6.07, 6.45) is 6.97. The molecule has 0 bridgehead atoms. The molecule has 0 aliphatic carbocycles. The zero-order valence-corrected chi connectivity index (χ0v) is 13.6. The molecule has 2 amide bonds. The van der Waals surface area contributed by atoms with E-state index >= 15 is 0 Å². The quantitative estimate of drug-likeness (QED) is 0.771. The van der Waals surface area contributed by atoms with Crippen molar-refractivity contribution < 1.29 is 4.79 Å². The van der Waals surface area contributed by atoms with Gasteiger partial charge in [0.2, 0.25) is 0 Å². The number of aromatic nitrogens is 4. The topological polar surface area (TPSA) is 84.7 Å². The van der Waals surface area contributed by atoms with Crippen molar-refractivity contribution in [1.82, 2.24) is 25.1 Å². The summed E-state index contributed by atoms with van der Waals surface area (Å²) in [4.78, 5) is 21.2. The molecule has 0 fully saturated rings. The molecule has 2 N–H and O–H groups in total. The third-order valence-corrected chi connectivity index (χ3v) is 4.03. The summed E-state index contributed by atoms with van der Waals surface area (Å²) in [5.41, 5.74) is 2.84. The number of pyridine rings is 1. The first-order valence-electron chi connectivity index (χ1n) is 7.01. The van der Waals surface area contributed by atoms with Gasteiger partial charge in [0.15, 0.2) is 5.13 Å². The van der Waals surface area contributed by atoms with Crippen molar-refractivity contribution in [2.24, 2.45) is 7.05 Å². The maximum Gasteiger partial charge on any atom is 0.321 e. The van der Waals surface area contributed by atoms with Gasteiger partial charge in [-0.2, -0.15) is 5.10 Å². The standard InChI is InChI=1S/C15H16N6OS/c1-10-6-18-15(23-10)20-14(22)17-8-11-5-12(9-16-7-11)13-3-4-19-21(13)2/h3-7,9H,8H2,1-2H3,(H2,17,18,20,22). The van der Waals surface area contributed by atoms with Gasteiger partial charge in [0.1, 0.15) is 0 Å².